The molecule has 0 bridgehead atoms. The van der Waals surface area contributed by atoms with Gasteiger partial charge in [0.1, 0.15) is 6.33 Å². The number of hydrogen-bond acceptors (Lipinski definition) is 6. The summed E-state index contributed by atoms with van der Waals surface area (Å²) < 4.78 is 0. The fraction of sp³-hybridized carbons (Fsp3) is 0.500. The lowest BCUT2D eigenvalue weighted by molar-refractivity contribution is -0.143. The number of amides is 2. The number of carbonyl (C=O) groups is 2. The Bertz CT molecular complexity index is 360. The van der Waals surface area contributed by atoms with Gasteiger partial charge in [0.05, 0.1) is 13.2 Å². The van der Waals surface area contributed by atoms with Crippen LogP contribution in [0.2, 0.25) is 0 Å². The van der Waals surface area contributed by atoms with Gasteiger partial charge >= 0.3 is 11.8 Å². The molecule has 9 nitrogen and oxygen atoms in total. The highest BCUT2D eigenvalue weighted by atomic mass is 16.3. The van der Waals surface area contributed by atoms with E-state index in [9.17, 15) is 9.59 Å². The van der Waals surface area contributed by atoms with Crippen molar-refractivity contribution in [2.75, 3.05) is 31.6 Å². The predicted octanol–water partition coefficient (Wildman–Crippen LogP) is -2.44. The van der Waals surface area contributed by atoms with Gasteiger partial charge in [-0.25, -0.2) is 5.10 Å². The molecule has 2 amide bonds. The summed E-state index contributed by atoms with van der Waals surface area (Å²) in [5.74, 6) is -1.72. The maximum absolute atomic E-state index is 11.6. The lowest BCUT2D eigenvalue weighted by Gasteiger charge is -2.19. The van der Waals surface area contributed by atoms with Crippen molar-refractivity contribution >= 4 is 17.8 Å². The molecule has 0 aromatic carbocycles. The van der Waals surface area contributed by atoms with E-state index in [4.69, 9.17) is 10.2 Å². The van der Waals surface area contributed by atoms with Crippen LogP contribution in [0.15, 0.2) is 6.33 Å². The van der Waals surface area contributed by atoms with E-state index < -0.39 is 11.8 Å². The van der Waals surface area contributed by atoms with Gasteiger partial charge in [-0.2, -0.15) is 10.1 Å². The molecule has 0 aliphatic carbocycles. The van der Waals surface area contributed by atoms with E-state index in [-0.39, 0.29) is 32.3 Å². The van der Waals surface area contributed by atoms with Gasteiger partial charge in [-0.15, -0.1) is 0 Å². The van der Waals surface area contributed by atoms with Crippen LogP contribution in [0.25, 0.3) is 0 Å². The third kappa shape index (κ3) is 3.81. The zero-order chi connectivity index (χ0) is 12.7. The molecule has 0 radical (unpaired) electrons. The molecular formula is C8H13N5O4. The molecule has 0 aliphatic rings. The van der Waals surface area contributed by atoms with Crippen LogP contribution < -0.4 is 5.32 Å². The molecule has 9 heteroatoms. The fourth-order valence-corrected chi connectivity index (χ4v) is 1.13. The van der Waals surface area contributed by atoms with Crippen LogP contribution in [-0.2, 0) is 9.59 Å². The topological polar surface area (TPSA) is 131 Å². The monoisotopic (exact) mass is 243 g/mol. The van der Waals surface area contributed by atoms with Gasteiger partial charge in [-0.3, -0.25) is 14.9 Å². The van der Waals surface area contributed by atoms with Gasteiger partial charge in [-0.1, -0.05) is 0 Å². The third-order valence-electron chi connectivity index (χ3n) is 1.87. The summed E-state index contributed by atoms with van der Waals surface area (Å²) in [7, 11) is 0. The molecule has 1 aromatic heterocycles. The first-order chi connectivity index (χ1) is 8.19. The summed E-state index contributed by atoms with van der Waals surface area (Å²) in [6.45, 7) is -0.630. The first-order valence-electron chi connectivity index (χ1n) is 4.86. The average Bonchev–Trinajstić information content (AvgIpc) is 2.80. The second kappa shape index (κ2) is 6.55. The van der Waals surface area contributed by atoms with Crippen LogP contribution in [0.1, 0.15) is 0 Å². The molecule has 1 rings (SSSR count). The van der Waals surface area contributed by atoms with Gasteiger partial charge in [0.25, 0.3) is 0 Å². The SMILES string of the molecule is O=C(Nc1ncn[nH]1)C(=O)N(CCO)CCO. The van der Waals surface area contributed by atoms with Crippen LogP contribution in [-0.4, -0.2) is 68.4 Å². The normalized spacial score (nSPS) is 10.0. The molecular weight excluding hydrogens is 230 g/mol. The Hall–Kier alpha value is -2.00. The number of hydrogen-bond donors (Lipinski definition) is 4. The zero-order valence-electron chi connectivity index (χ0n) is 8.96. The van der Waals surface area contributed by atoms with E-state index in [1.807, 2.05) is 0 Å². The number of H-pyrrole nitrogens is 1. The summed E-state index contributed by atoms with van der Waals surface area (Å²) in [6, 6.07) is 0. The minimum Gasteiger partial charge on any atom is -0.395 e. The molecule has 0 saturated heterocycles. The van der Waals surface area contributed by atoms with Crippen LogP contribution in [0.4, 0.5) is 5.95 Å². The van der Waals surface area contributed by atoms with Gasteiger partial charge < -0.3 is 15.1 Å². The van der Waals surface area contributed by atoms with Crippen molar-refractivity contribution in [2.24, 2.45) is 0 Å². The molecule has 0 saturated carbocycles. The Morgan fingerprint density at radius 3 is 2.47 bits per heavy atom. The van der Waals surface area contributed by atoms with E-state index in [1.54, 1.807) is 0 Å². The molecule has 0 spiro atoms. The molecule has 1 aromatic rings. The molecule has 0 unspecified atom stereocenters. The molecule has 0 aliphatic heterocycles. The Labute approximate surface area is 96.5 Å². The van der Waals surface area contributed by atoms with E-state index in [0.717, 1.165) is 4.90 Å². The fourth-order valence-electron chi connectivity index (χ4n) is 1.13. The number of aromatic amines is 1. The lowest BCUT2D eigenvalue weighted by Crippen LogP contribution is -2.42. The second-order valence-corrected chi connectivity index (χ2v) is 3.03. The Morgan fingerprint density at radius 2 is 2.00 bits per heavy atom. The largest absolute Gasteiger partial charge is 0.395 e. The first-order valence-corrected chi connectivity index (χ1v) is 4.86. The summed E-state index contributed by atoms with van der Waals surface area (Å²) in [4.78, 5) is 27.7. The smallest absolute Gasteiger partial charge is 0.316 e. The van der Waals surface area contributed by atoms with Crippen LogP contribution in [0.3, 0.4) is 0 Å². The van der Waals surface area contributed by atoms with E-state index in [1.165, 1.54) is 6.33 Å². The molecule has 1 heterocycles. The summed E-state index contributed by atoms with van der Waals surface area (Å²) in [6.07, 6.45) is 1.18. The molecule has 94 valence electrons. The van der Waals surface area contributed by atoms with Crippen LogP contribution in [0.5, 0.6) is 0 Å². The zero-order valence-corrected chi connectivity index (χ0v) is 8.96. The highest BCUT2D eigenvalue weighted by molar-refractivity contribution is 6.39. The van der Waals surface area contributed by atoms with Crippen molar-refractivity contribution in [2.45, 2.75) is 0 Å². The lowest BCUT2D eigenvalue weighted by atomic mass is 10.4. The standard InChI is InChI=1S/C8H13N5O4/c14-3-1-13(2-4-15)7(17)6(16)11-8-9-5-10-12-8/h5,14-15H,1-4H2,(H2,9,10,11,12,16). The Kier molecular flexibility index (Phi) is 5.04. The van der Waals surface area contributed by atoms with E-state index in [0.29, 0.717) is 0 Å². The number of aromatic nitrogens is 3. The number of nitrogens with one attached hydrogen (secondary N) is 2. The maximum Gasteiger partial charge on any atom is 0.316 e. The molecule has 4 N–H and O–H groups in total. The minimum atomic E-state index is -0.913. The summed E-state index contributed by atoms with van der Waals surface area (Å²) in [5, 5.41) is 25.5. The first kappa shape index (κ1) is 13.1. The maximum atomic E-state index is 11.6. The van der Waals surface area contributed by atoms with Gasteiger partial charge in [0.15, 0.2) is 0 Å². The number of nitrogens with zero attached hydrogens (tertiary/aromatic N) is 3. The van der Waals surface area contributed by atoms with Gasteiger partial charge in [0.2, 0.25) is 5.95 Å². The van der Waals surface area contributed by atoms with E-state index in [2.05, 4.69) is 20.5 Å². The van der Waals surface area contributed by atoms with Crippen molar-refractivity contribution in [1.82, 2.24) is 20.1 Å². The van der Waals surface area contributed by atoms with Crippen molar-refractivity contribution in [3.63, 3.8) is 0 Å². The van der Waals surface area contributed by atoms with Gasteiger partial charge in [-0.05, 0) is 0 Å². The average molecular weight is 243 g/mol. The molecule has 17 heavy (non-hydrogen) atoms. The Balaban J connectivity index is 2.57. The third-order valence-corrected chi connectivity index (χ3v) is 1.87. The number of aliphatic hydroxyl groups excluding tert-OH is 2. The molecule has 0 fully saturated rings. The minimum absolute atomic E-state index is 0.0246. The quantitative estimate of drug-likeness (QED) is 0.425. The number of aliphatic hydroxyl groups is 2. The van der Waals surface area contributed by atoms with E-state index >= 15 is 0 Å². The van der Waals surface area contributed by atoms with Crippen LogP contribution >= 0.6 is 0 Å². The highest BCUT2D eigenvalue weighted by Crippen LogP contribution is 1.96. The van der Waals surface area contributed by atoms with Crippen LogP contribution in [0, 0.1) is 0 Å². The highest BCUT2D eigenvalue weighted by Gasteiger charge is 2.21. The van der Waals surface area contributed by atoms with Gasteiger partial charge in [0, 0.05) is 13.1 Å². The van der Waals surface area contributed by atoms with Crippen molar-refractivity contribution in [3.8, 4) is 0 Å². The van der Waals surface area contributed by atoms with Crippen molar-refractivity contribution in [3.05, 3.63) is 6.33 Å². The predicted molar refractivity (Wildman–Crippen MR) is 55.8 cm³/mol. The summed E-state index contributed by atoms with van der Waals surface area (Å²) in [5.41, 5.74) is 0. The van der Waals surface area contributed by atoms with Crippen molar-refractivity contribution in [1.29, 1.82) is 0 Å². The number of rotatable bonds is 5. The Morgan fingerprint density at radius 1 is 1.35 bits per heavy atom. The summed E-state index contributed by atoms with van der Waals surface area (Å²) >= 11 is 0. The molecule has 0 atom stereocenters. The van der Waals surface area contributed by atoms with Crippen molar-refractivity contribution < 1.29 is 19.8 Å². The number of anilines is 1. The second-order valence-electron chi connectivity index (χ2n) is 3.03. The number of carbonyl (C=O) groups excluding carboxylic acids is 2.